The summed E-state index contributed by atoms with van der Waals surface area (Å²) >= 11 is 0. The second-order valence-corrected chi connectivity index (χ2v) is 4.02. The summed E-state index contributed by atoms with van der Waals surface area (Å²) in [6.45, 7) is 7.90. The van der Waals surface area contributed by atoms with Crippen LogP contribution in [0, 0.1) is 0 Å². The molecule has 1 aromatic heterocycles. The fourth-order valence-corrected chi connectivity index (χ4v) is 1.54. The molecule has 0 bridgehead atoms. The van der Waals surface area contributed by atoms with Crippen molar-refractivity contribution >= 4 is 0 Å². The van der Waals surface area contributed by atoms with E-state index in [1.165, 1.54) is 12.8 Å². The van der Waals surface area contributed by atoms with Crippen LogP contribution in [0.25, 0.3) is 0 Å². The number of aryl methyl sites for hydroxylation is 1. The molecule has 0 fully saturated rings. The maximum absolute atomic E-state index is 5.34. The van der Waals surface area contributed by atoms with Gasteiger partial charge in [-0.15, -0.1) is 0 Å². The lowest BCUT2D eigenvalue weighted by molar-refractivity contribution is 0.127. The third kappa shape index (κ3) is 5.88. The number of ether oxygens (including phenoxy) is 1. The maximum Gasteiger partial charge on any atom is 0.0945 e. The normalized spacial score (nSPS) is 12.9. The summed E-state index contributed by atoms with van der Waals surface area (Å²) in [5, 5.41) is 3.45. The van der Waals surface area contributed by atoms with Crippen LogP contribution in [0.4, 0.5) is 0 Å². The molecule has 0 saturated heterocycles. The van der Waals surface area contributed by atoms with Gasteiger partial charge in [-0.2, -0.15) is 0 Å². The summed E-state index contributed by atoms with van der Waals surface area (Å²) in [7, 11) is 0. The van der Waals surface area contributed by atoms with E-state index in [1.54, 1.807) is 0 Å². The van der Waals surface area contributed by atoms with E-state index in [4.69, 9.17) is 4.74 Å². The average molecular weight is 225 g/mol. The smallest absolute Gasteiger partial charge is 0.0945 e. The van der Waals surface area contributed by atoms with E-state index in [-0.39, 0.29) is 0 Å². The molecule has 0 radical (unpaired) electrons. The van der Waals surface area contributed by atoms with Crippen LogP contribution in [0.1, 0.15) is 26.7 Å². The first kappa shape index (κ1) is 13.2. The number of hydrogen-bond donors (Lipinski definition) is 1. The van der Waals surface area contributed by atoms with Gasteiger partial charge >= 0.3 is 0 Å². The molecular weight excluding hydrogens is 202 g/mol. The molecule has 4 heteroatoms. The summed E-state index contributed by atoms with van der Waals surface area (Å²) in [6.07, 6.45) is 8.07. The molecule has 1 rings (SSSR count). The average Bonchev–Trinajstić information content (AvgIpc) is 2.79. The predicted octanol–water partition coefficient (Wildman–Crippen LogP) is 1.68. The molecule has 1 heterocycles. The van der Waals surface area contributed by atoms with Crippen LogP contribution in [0.3, 0.4) is 0 Å². The van der Waals surface area contributed by atoms with E-state index >= 15 is 0 Å². The summed E-state index contributed by atoms with van der Waals surface area (Å²) in [5.74, 6) is 0. The standard InChI is InChI=1S/C12H23N3O/c1-3-16-10-12(2)14-6-4-5-8-15-9-7-13-11-15/h7,9,11-12,14H,3-6,8,10H2,1-2H3. The Balaban J connectivity index is 1.91. The molecule has 0 aliphatic rings. The van der Waals surface area contributed by atoms with Crippen LogP contribution in [0.15, 0.2) is 18.7 Å². The second-order valence-electron chi connectivity index (χ2n) is 4.02. The number of aromatic nitrogens is 2. The van der Waals surface area contributed by atoms with Crippen LogP contribution in [0.2, 0.25) is 0 Å². The molecule has 1 unspecified atom stereocenters. The minimum Gasteiger partial charge on any atom is -0.380 e. The molecule has 0 aromatic carbocycles. The Hall–Kier alpha value is -0.870. The molecule has 0 aliphatic heterocycles. The number of nitrogens with zero attached hydrogens (tertiary/aromatic N) is 2. The molecular formula is C12H23N3O. The van der Waals surface area contributed by atoms with Crippen molar-refractivity contribution in [3.8, 4) is 0 Å². The van der Waals surface area contributed by atoms with Gasteiger partial charge in [0.15, 0.2) is 0 Å². The van der Waals surface area contributed by atoms with Gasteiger partial charge in [0.1, 0.15) is 0 Å². The lowest BCUT2D eigenvalue weighted by Gasteiger charge is -2.13. The van der Waals surface area contributed by atoms with Gasteiger partial charge in [-0.25, -0.2) is 4.98 Å². The Morgan fingerprint density at radius 3 is 3.00 bits per heavy atom. The van der Waals surface area contributed by atoms with Gasteiger partial charge in [-0.05, 0) is 33.2 Å². The molecule has 0 spiro atoms. The van der Waals surface area contributed by atoms with E-state index < -0.39 is 0 Å². The summed E-state index contributed by atoms with van der Waals surface area (Å²) in [4.78, 5) is 4.01. The summed E-state index contributed by atoms with van der Waals surface area (Å²) < 4.78 is 7.45. The van der Waals surface area contributed by atoms with E-state index in [9.17, 15) is 0 Å². The number of hydrogen-bond acceptors (Lipinski definition) is 3. The lowest BCUT2D eigenvalue weighted by atomic mass is 10.3. The van der Waals surface area contributed by atoms with Crippen LogP contribution >= 0.6 is 0 Å². The van der Waals surface area contributed by atoms with E-state index in [1.807, 2.05) is 25.6 Å². The van der Waals surface area contributed by atoms with E-state index in [2.05, 4.69) is 21.8 Å². The molecule has 1 aromatic rings. The van der Waals surface area contributed by atoms with Gasteiger partial charge in [0, 0.05) is 31.6 Å². The Morgan fingerprint density at radius 2 is 2.31 bits per heavy atom. The lowest BCUT2D eigenvalue weighted by Crippen LogP contribution is -2.31. The first-order valence-electron chi connectivity index (χ1n) is 6.09. The van der Waals surface area contributed by atoms with Crippen molar-refractivity contribution in [1.82, 2.24) is 14.9 Å². The maximum atomic E-state index is 5.34. The molecule has 1 atom stereocenters. The van der Waals surface area contributed by atoms with Crippen LogP contribution in [-0.2, 0) is 11.3 Å². The first-order chi connectivity index (χ1) is 7.83. The number of imidazole rings is 1. The van der Waals surface area contributed by atoms with Crippen molar-refractivity contribution in [2.24, 2.45) is 0 Å². The van der Waals surface area contributed by atoms with Crippen LogP contribution in [-0.4, -0.2) is 35.4 Å². The van der Waals surface area contributed by atoms with Gasteiger partial charge < -0.3 is 14.6 Å². The Labute approximate surface area is 98.0 Å². The van der Waals surface area contributed by atoms with Crippen LogP contribution in [0.5, 0.6) is 0 Å². The zero-order valence-electron chi connectivity index (χ0n) is 10.4. The second kappa shape index (κ2) is 8.30. The van der Waals surface area contributed by atoms with Crippen molar-refractivity contribution in [1.29, 1.82) is 0 Å². The van der Waals surface area contributed by atoms with Crippen molar-refractivity contribution in [2.75, 3.05) is 19.8 Å². The minimum absolute atomic E-state index is 0.452. The molecule has 16 heavy (non-hydrogen) atoms. The highest BCUT2D eigenvalue weighted by Gasteiger charge is 1.99. The summed E-state index contributed by atoms with van der Waals surface area (Å²) in [6, 6.07) is 0.452. The fraction of sp³-hybridized carbons (Fsp3) is 0.750. The zero-order chi connectivity index (χ0) is 11.6. The molecule has 1 N–H and O–H groups in total. The number of rotatable bonds is 9. The fourth-order valence-electron chi connectivity index (χ4n) is 1.54. The Bertz CT molecular complexity index is 249. The SMILES string of the molecule is CCOCC(C)NCCCCn1ccnc1. The minimum atomic E-state index is 0.452. The van der Waals surface area contributed by atoms with Crippen molar-refractivity contribution in [3.63, 3.8) is 0 Å². The number of unbranched alkanes of at least 4 members (excludes halogenated alkanes) is 1. The van der Waals surface area contributed by atoms with E-state index in [0.717, 1.165) is 26.3 Å². The monoisotopic (exact) mass is 225 g/mol. The van der Waals surface area contributed by atoms with Crippen LogP contribution < -0.4 is 5.32 Å². The highest BCUT2D eigenvalue weighted by atomic mass is 16.5. The Kier molecular flexibility index (Phi) is 6.85. The van der Waals surface area contributed by atoms with E-state index in [0.29, 0.717) is 6.04 Å². The number of nitrogens with one attached hydrogen (secondary N) is 1. The third-order valence-corrected chi connectivity index (χ3v) is 2.47. The van der Waals surface area contributed by atoms with Gasteiger partial charge in [0.25, 0.3) is 0 Å². The predicted molar refractivity (Wildman–Crippen MR) is 65.4 cm³/mol. The largest absolute Gasteiger partial charge is 0.380 e. The van der Waals surface area contributed by atoms with Gasteiger partial charge in [0.05, 0.1) is 12.9 Å². The van der Waals surface area contributed by atoms with Crippen molar-refractivity contribution in [2.45, 2.75) is 39.3 Å². The molecule has 92 valence electrons. The van der Waals surface area contributed by atoms with Gasteiger partial charge in [0.2, 0.25) is 0 Å². The third-order valence-electron chi connectivity index (χ3n) is 2.47. The highest BCUT2D eigenvalue weighted by molar-refractivity contribution is 4.73. The zero-order valence-corrected chi connectivity index (χ0v) is 10.4. The van der Waals surface area contributed by atoms with Crippen molar-refractivity contribution < 1.29 is 4.74 Å². The quantitative estimate of drug-likeness (QED) is 0.650. The van der Waals surface area contributed by atoms with Crippen molar-refractivity contribution in [3.05, 3.63) is 18.7 Å². The topological polar surface area (TPSA) is 39.1 Å². The Morgan fingerprint density at radius 1 is 1.44 bits per heavy atom. The van der Waals surface area contributed by atoms with Gasteiger partial charge in [-0.1, -0.05) is 0 Å². The summed E-state index contributed by atoms with van der Waals surface area (Å²) in [5.41, 5.74) is 0. The first-order valence-corrected chi connectivity index (χ1v) is 6.09. The van der Waals surface area contributed by atoms with Gasteiger partial charge in [-0.3, -0.25) is 0 Å². The molecule has 4 nitrogen and oxygen atoms in total. The molecule has 0 aliphatic carbocycles. The molecule has 0 saturated carbocycles. The molecule has 0 amide bonds. The highest BCUT2D eigenvalue weighted by Crippen LogP contribution is 1.94.